The minimum atomic E-state index is -0.178. The number of methoxy groups -OCH3 is 2. The first-order valence-corrected chi connectivity index (χ1v) is 8.85. The predicted octanol–water partition coefficient (Wildman–Crippen LogP) is 6.05. The van der Waals surface area contributed by atoms with E-state index in [9.17, 15) is 0 Å². The first kappa shape index (κ1) is 18.4. The van der Waals surface area contributed by atoms with Crippen molar-refractivity contribution >= 4 is 17.0 Å². The van der Waals surface area contributed by atoms with Crippen LogP contribution in [0.25, 0.3) is 17.0 Å². The molecule has 2 heterocycles. The molecule has 1 aliphatic rings. The first-order valence-electron chi connectivity index (χ1n) is 8.85. The normalized spacial score (nSPS) is 14.9. The van der Waals surface area contributed by atoms with Crippen LogP contribution in [0.1, 0.15) is 52.7 Å². The third-order valence-corrected chi connectivity index (χ3v) is 4.55. The van der Waals surface area contributed by atoms with E-state index < -0.39 is 0 Å². The second kappa shape index (κ2) is 6.11. The Balaban J connectivity index is 2.32. The highest BCUT2D eigenvalue weighted by molar-refractivity contribution is 5.94. The van der Waals surface area contributed by atoms with Gasteiger partial charge >= 0.3 is 0 Å². The summed E-state index contributed by atoms with van der Waals surface area (Å²) in [6.45, 7) is 12.8. The summed E-state index contributed by atoms with van der Waals surface area (Å²) in [5.74, 6) is 2.82. The summed E-state index contributed by atoms with van der Waals surface area (Å²) in [5, 5.41) is 0.961. The molecule has 0 saturated carbocycles. The standard InChI is InChI=1S/C22H28O4/c1-21(2,3)17-11-13(23-7)9-15-16-10-14(24-8)12-18(22(4,5)6)25-20(16)26-19(15)17/h9-12H,1-8H3. The van der Waals surface area contributed by atoms with Crippen molar-refractivity contribution in [3.05, 3.63) is 40.9 Å². The van der Waals surface area contributed by atoms with E-state index in [1.54, 1.807) is 14.2 Å². The number of hydrogen-bond donors (Lipinski definition) is 0. The van der Waals surface area contributed by atoms with Crippen LogP contribution in [0.4, 0.5) is 0 Å². The Morgan fingerprint density at radius 2 is 1.54 bits per heavy atom. The number of rotatable bonds is 2. The van der Waals surface area contributed by atoms with Gasteiger partial charge in [0.05, 0.1) is 19.8 Å². The van der Waals surface area contributed by atoms with E-state index in [-0.39, 0.29) is 10.8 Å². The molecule has 0 N–H and O–H groups in total. The molecule has 0 saturated heterocycles. The number of hydrogen-bond acceptors (Lipinski definition) is 4. The minimum absolute atomic E-state index is 0.0974. The first-order chi connectivity index (χ1) is 12.0. The second-order valence-electron chi connectivity index (χ2n) is 8.72. The molecule has 0 amide bonds. The maximum absolute atomic E-state index is 6.23. The molecular weight excluding hydrogens is 328 g/mol. The van der Waals surface area contributed by atoms with Crippen LogP contribution >= 0.6 is 0 Å². The van der Waals surface area contributed by atoms with E-state index >= 15 is 0 Å². The highest BCUT2D eigenvalue weighted by Crippen LogP contribution is 2.44. The van der Waals surface area contributed by atoms with Crippen LogP contribution < -0.4 is 9.47 Å². The largest absolute Gasteiger partial charge is 0.497 e. The van der Waals surface area contributed by atoms with Gasteiger partial charge in [-0.3, -0.25) is 0 Å². The van der Waals surface area contributed by atoms with Crippen molar-refractivity contribution in [3.8, 4) is 11.7 Å². The Morgan fingerprint density at radius 3 is 2.08 bits per heavy atom. The molecule has 0 spiro atoms. The number of fused-ring (bicyclic) bond motifs is 3. The van der Waals surface area contributed by atoms with Crippen molar-refractivity contribution in [2.24, 2.45) is 5.41 Å². The third-order valence-electron chi connectivity index (χ3n) is 4.55. The topological polar surface area (TPSA) is 40.8 Å². The molecule has 1 aliphatic heterocycles. The van der Waals surface area contributed by atoms with Crippen molar-refractivity contribution in [1.82, 2.24) is 0 Å². The lowest BCUT2D eigenvalue weighted by Crippen LogP contribution is -2.15. The summed E-state index contributed by atoms with van der Waals surface area (Å²) in [5.41, 5.74) is 2.50. The molecule has 0 unspecified atom stereocenters. The highest BCUT2D eigenvalue weighted by Gasteiger charge is 2.29. The van der Waals surface area contributed by atoms with Gasteiger partial charge in [-0.25, -0.2) is 0 Å². The van der Waals surface area contributed by atoms with Gasteiger partial charge in [-0.05, 0) is 23.6 Å². The van der Waals surface area contributed by atoms with Gasteiger partial charge < -0.3 is 18.6 Å². The number of benzene rings is 1. The van der Waals surface area contributed by atoms with E-state index in [1.165, 1.54) is 0 Å². The molecule has 0 atom stereocenters. The molecule has 0 fully saturated rings. The average Bonchev–Trinajstić information content (AvgIpc) is 2.75. The third kappa shape index (κ3) is 3.20. The Morgan fingerprint density at radius 1 is 0.846 bits per heavy atom. The van der Waals surface area contributed by atoms with Crippen LogP contribution in [-0.4, -0.2) is 14.2 Å². The lowest BCUT2D eigenvalue weighted by Gasteiger charge is -2.22. The fraction of sp³-hybridized carbons (Fsp3) is 0.455. The summed E-state index contributed by atoms with van der Waals surface area (Å²) < 4.78 is 23.5. The number of furan rings is 1. The molecule has 26 heavy (non-hydrogen) atoms. The van der Waals surface area contributed by atoms with Gasteiger partial charge in [0.25, 0.3) is 5.95 Å². The van der Waals surface area contributed by atoms with Crippen molar-refractivity contribution in [2.75, 3.05) is 14.2 Å². The monoisotopic (exact) mass is 356 g/mol. The van der Waals surface area contributed by atoms with Gasteiger partial charge in [-0.1, -0.05) is 41.5 Å². The van der Waals surface area contributed by atoms with Crippen LogP contribution in [-0.2, 0) is 10.2 Å². The van der Waals surface area contributed by atoms with Gasteiger partial charge in [0.15, 0.2) is 0 Å². The summed E-state index contributed by atoms with van der Waals surface area (Å²) in [6.07, 6.45) is 3.89. The molecule has 2 aromatic rings. The summed E-state index contributed by atoms with van der Waals surface area (Å²) in [7, 11) is 3.34. The number of ether oxygens (including phenoxy) is 3. The second-order valence-corrected chi connectivity index (χ2v) is 8.72. The quantitative estimate of drug-likeness (QED) is 0.657. The zero-order valence-corrected chi connectivity index (χ0v) is 16.9. The van der Waals surface area contributed by atoms with Gasteiger partial charge in [0, 0.05) is 22.4 Å². The van der Waals surface area contributed by atoms with Crippen molar-refractivity contribution in [3.63, 3.8) is 0 Å². The van der Waals surface area contributed by atoms with Crippen molar-refractivity contribution in [2.45, 2.75) is 47.0 Å². The average molecular weight is 356 g/mol. The van der Waals surface area contributed by atoms with Gasteiger partial charge in [0.2, 0.25) is 0 Å². The van der Waals surface area contributed by atoms with Crippen LogP contribution in [0.2, 0.25) is 0 Å². The molecule has 4 heteroatoms. The Hall–Kier alpha value is -2.36. The van der Waals surface area contributed by atoms with E-state index in [0.717, 1.165) is 39.4 Å². The van der Waals surface area contributed by atoms with Gasteiger partial charge in [-0.15, -0.1) is 0 Å². The lowest BCUT2D eigenvalue weighted by atomic mass is 9.85. The zero-order chi connectivity index (χ0) is 19.3. The molecule has 0 radical (unpaired) electrons. The molecule has 3 rings (SSSR count). The fourth-order valence-electron chi connectivity index (χ4n) is 2.99. The van der Waals surface area contributed by atoms with Gasteiger partial charge in [0.1, 0.15) is 22.9 Å². The molecule has 0 bridgehead atoms. The van der Waals surface area contributed by atoms with Crippen LogP contribution in [0.3, 0.4) is 0 Å². The maximum Gasteiger partial charge on any atom is 0.298 e. The van der Waals surface area contributed by atoms with Crippen LogP contribution in [0.5, 0.6) is 11.7 Å². The zero-order valence-electron chi connectivity index (χ0n) is 16.9. The van der Waals surface area contributed by atoms with Crippen LogP contribution in [0.15, 0.2) is 34.1 Å². The molecular formula is C22H28O4. The van der Waals surface area contributed by atoms with Crippen molar-refractivity contribution < 1.29 is 18.6 Å². The molecule has 140 valence electrons. The molecule has 1 aromatic carbocycles. The minimum Gasteiger partial charge on any atom is -0.497 e. The highest BCUT2D eigenvalue weighted by atomic mass is 16.6. The van der Waals surface area contributed by atoms with E-state index in [1.807, 2.05) is 24.3 Å². The summed E-state index contributed by atoms with van der Waals surface area (Å²) >= 11 is 0. The summed E-state index contributed by atoms with van der Waals surface area (Å²) in [6, 6.07) is 4.02. The number of allylic oxidation sites excluding steroid dienone is 2. The molecule has 1 aromatic heterocycles. The molecule has 0 aliphatic carbocycles. The van der Waals surface area contributed by atoms with E-state index in [4.69, 9.17) is 18.6 Å². The smallest absolute Gasteiger partial charge is 0.298 e. The van der Waals surface area contributed by atoms with E-state index in [2.05, 4.69) is 41.5 Å². The van der Waals surface area contributed by atoms with Gasteiger partial charge in [-0.2, -0.15) is 0 Å². The van der Waals surface area contributed by atoms with Crippen LogP contribution in [0, 0.1) is 5.41 Å². The van der Waals surface area contributed by atoms with Crippen molar-refractivity contribution in [1.29, 1.82) is 0 Å². The molecule has 4 nitrogen and oxygen atoms in total. The Kier molecular flexibility index (Phi) is 4.33. The van der Waals surface area contributed by atoms with E-state index in [0.29, 0.717) is 5.95 Å². The lowest BCUT2D eigenvalue weighted by molar-refractivity contribution is 0.241. The summed E-state index contributed by atoms with van der Waals surface area (Å²) in [4.78, 5) is 0. The maximum atomic E-state index is 6.23. The Bertz CT molecular complexity index is 899. The predicted molar refractivity (Wildman–Crippen MR) is 105 cm³/mol. The Labute approximate surface area is 155 Å². The SMILES string of the molecule is COC1=Cc2c(oc3c(C(C)(C)C)cc(OC)cc23)OC(C(C)(C)C)=C1. The fourth-order valence-corrected chi connectivity index (χ4v) is 2.99.